The van der Waals surface area contributed by atoms with Crippen LogP contribution >= 0.6 is 0 Å². The topological polar surface area (TPSA) is 99.1 Å². The first-order chi connectivity index (χ1) is 21.6. The van der Waals surface area contributed by atoms with E-state index in [2.05, 4.69) is 68.5 Å². The quantitative estimate of drug-likeness (QED) is 0.0430. The van der Waals surface area contributed by atoms with Crippen molar-refractivity contribution in [2.75, 3.05) is 41.0 Å². The second kappa shape index (κ2) is 28.3. The van der Waals surface area contributed by atoms with E-state index in [0.29, 0.717) is 12.8 Å². The van der Waals surface area contributed by atoms with Gasteiger partial charge in [0, 0.05) is 12.8 Å². The molecule has 8 heteroatoms. The number of hydrogen-bond acceptors (Lipinski definition) is 6. The molecule has 0 aliphatic carbocycles. The zero-order valence-electron chi connectivity index (χ0n) is 28.5. The normalized spacial score (nSPS) is 14.1. The Morgan fingerprint density at radius 3 is 1.76 bits per heavy atom. The number of carboxylic acid groups (broad SMARTS) is 1. The molecule has 2 unspecified atom stereocenters. The molecule has 0 aromatic heterocycles. The standard InChI is InChI=1S/C37H59NO7/c1-6-8-10-12-14-16-17-18-20-22-24-26-28-36(40)45-33(31-43-30-29-34(37(41)42)38(3,4)5)32-44-35(39)27-25-23-21-19-15-13-11-9-7-2/h8-11,14-16,18-20,23,25,33-34H,6-7,12-13,17,21-22,24,26-32H2,1-5H3/p+1/b10-8+,11-9+,16-14+,19-15+,20-18+,25-23+. The Morgan fingerprint density at radius 2 is 1.22 bits per heavy atom. The Balaban J connectivity index is 4.69. The van der Waals surface area contributed by atoms with Crippen molar-refractivity contribution in [3.05, 3.63) is 72.9 Å². The van der Waals surface area contributed by atoms with Crippen molar-refractivity contribution in [3.63, 3.8) is 0 Å². The molecule has 254 valence electrons. The van der Waals surface area contributed by atoms with Crippen LogP contribution in [-0.2, 0) is 28.6 Å². The van der Waals surface area contributed by atoms with Gasteiger partial charge in [-0.1, -0.05) is 86.8 Å². The summed E-state index contributed by atoms with van der Waals surface area (Å²) in [5.41, 5.74) is 0. The predicted molar refractivity (Wildman–Crippen MR) is 183 cm³/mol. The number of carboxylic acids is 1. The van der Waals surface area contributed by atoms with Gasteiger partial charge in [-0.3, -0.25) is 9.59 Å². The summed E-state index contributed by atoms with van der Waals surface area (Å²) in [6.07, 6.45) is 32.8. The molecule has 0 aliphatic rings. The third-order valence-corrected chi connectivity index (χ3v) is 6.63. The fourth-order valence-corrected chi connectivity index (χ4v) is 4.10. The van der Waals surface area contributed by atoms with Crippen LogP contribution in [-0.4, -0.2) is 80.6 Å². The van der Waals surface area contributed by atoms with E-state index < -0.39 is 24.1 Å². The lowest BCUT2D eigenvalue weighted by Crippen LogP contribution is -2.50. The van der Waals surface area contributed by atoms with Crippen LogP contribution in [0.1, 0.15) is 90.9 Å². The van der Waals surface area contributed by atoms with Gasteiger partial charge in [0.2, 0.25) is 0 Å². The third kappa shape index (κ3) is 26.9. The predicted octanol–water partition coefficient (Wildman–Crippen LogP) is 7.68. The van der Waals surface area contributed by atoms with Gasteiger partial charge in [-0.2, -0.15) is 0 Å². The number of quaternary nitrogens is 1. The summed E-state index contributed by atoms with van der Waals surface area (Å²) in [4.78, 5) is 36.5. The third-order valence-electron chi connectivity index (χ3n) is 6.63. The van der Waals surface area contributed by atoms with Crippen molar-refractivity contribution in [1.29, 1.82) is 0 Å². The van der Waals surface area contributed by atoms with Crippen LogP contribution in [0.2, 0.25) is 0 Å². The summed E-state index contributed by atoms with van der Waals surface area (Å²) < 4.78 is 16.9. The first-order valence-corrected chi connectivity index (χ1v) is 16.5. The molecule has 8 nitrogen and oxygen atoms in total. The highest BCUT2D eigenvalue weighted by atomic mass is 16.6. The van der Waals surface area contributed by atoms with E-state index in [9.17, 15) is 19.5 Å². The average molecular weight is 631 g/mol. The first-order valence-electron chi connectivity index (χ1n) is 16.5. The minimum atomic E-state index is -0.897. The number of nitrogens with zero attached hydrogens (tertiary/aromatic N) is 1. The molecule has 0 rings (SSSR count). The van der Waals surface area contributed by atoms with Crippen molar-refractivity contribution < 1.29 is 38.2 Å². The van der Waals surface area contributed by atoms with Gasteiger partial charge in [-0.05, 0) is 57.8 Å². The van der Waals surface area contributed by atoms with Crippen LogP contribution in [0, 0.1) is 0 Å². The monoisotopic (exact) mass is 630 g/mol. The Morgan fingerprint density at radius 1 is 0.689 bits per heavy atom. The lowest BCUT2D eigenvalue weighted by Gasteiger charge is -2.31. The number of unbranched alkanes of at least 4 members (excludes halogenated alkanes) is 2. The minimum absolute atomic E-state index is 0.0140. The van der Waals surface area contributed by atoms with Crippen LogP contribution < -0.4 is 0 Å². The van der Waals surface area contributed by atoms with E-state index in [1.807, 2.05) is 33.3 Å². The van der Waals surface area contributed by atoms with Gasteiger partial charge in [-0.15, -0.1) is 0 Å². The molecule has 0 saturated carbocycles. The molecular weight excluding hydrogens is 570 g/mol. The zero-order chi connectivity index (χ0) is 33.6. The fraction of sp³-hybridized carbons (Fsp3) is 0.595. The van der Waals surface area contributed by atoms with Gasteiger partial charge in [-0.25, -0.2) is 4.79 Å². The Bertz CT molecular complexity index is 970. The highest BCUT2D eigenvalue weighted by molar-refractivity contribution is 5.72. The van der Waals surface area contributed by atoms with Crippen molar-refractivity contribution >= 4 is 17.9 Å². The van der Waals surface area contributed by atoms with Gasteiger partial charge < -0.3 is 23.8 Å². The van der Waals surface area contributed by atoms with Crippen molar-refractivity contribution in [2.45, 2.75) is 103 Å². The number of rotatable bonds is 27. The highest BCUT2D eigenvalue weighted by Gasteiger charge is 2.31. The van der Waals surface area contributed by atoms with E-state index in [0.717, 1.165) is 51.4 Å². The lowest BCUT2D eigenvalue weighted by molar-refractivity contribution is -0.887. The van der Waals surface area contributed by atoms with Gasteiger partial charge in [0.15, 0.2) is 12.1 Å². The molecule has 0 spiro atoms. The van der Waals surface area contributed by atoms with E-state index in [1.54, 1.807) is 6.08 Å². The summed E-state index contributed by atoms with van der Waals surface area (Å²) in [5, 5.41) is 9.54. The van der Waals surface area contributed by atoms with Crippen molar-refractivity contribution in [1.82, 2.24) is 0 Å². The largest absolute Gasteiger partial charge is 0.477 e. The number of hydrogen-bond donors (Lipinski definition) is 1. The molecule has 45 heavy (non-hydrogen) atoms. The van der Waals surface area contributed by atoms with Gasteiger partial charge in [0.1, 0.15) is 6.61 Å². The molecule has 0 amide bonds. The van der Waals surface area contributed by atoms with Crippen LogP contribution in [0.3, 0.4) is 0 Å². The molecule has 0 saturated heterocycles. The maximum atomic E-state index is 12.5. The summed E-state index contributed by atoms with van der Waals surface area (Å²) in [5.74, 6) is -1.69. The van der Waals surface area contributed by atoms with E-state index in [-0.39, 0.29) is 43.1 Å². The van der Waals surface area contributed by atoms with E-state index in [1.165, 1.54) is 0 Å². The van der Waals surface area contributed by atoms with E-state index in [4.69, 9.17) is 14.2 Å². The summed E-state index contributed by atoms with van der Waals surface area (Å²) in [6.45, 7) is 4.29. The molecule has 0 heterocycles. The van der Waals surface area contributed by atoms with Gasteiger partial charge in [0.05, 0.1) is 40.8 Å². The maximum Gasteiger partial charge on any atom is 0.362 e. The molecule has 0 aromatic carbocycles. The van der Waals surface area contributed by atoms with Gasteiger partial charge >= 0.3 is 17.9 Å². The lowest BCUT2D eigenvalue weighted by atomic mass is 10.1. The average Bonchev–Trinajstić information content (AvgIpc) is 2.98. The number of likely N-dealkylation sites (N-methyl/N-ethyl adjacent to an activating group) is 1. The van der Waals surface area contributed by atoms with Crippen molar-refractivity contribution in [3.8, 4) is 0 Å². The molecule has 0 bridgehead atoms. The number of allylic oxidation sites excluding steroid dienone is 11. The number of esters is 2. The SMILES string of the molecule is CC/C=C/C/C=C/C/C=C/CCCCC(=O)OC(COCCC(C(=O)O)[N+](C)(C)C)COC(=O)C/C=C/C/C=C/C/C=C/CC. The molecule has 0 radical (unpaired) electrons. The summed E-state index contributed by atoms with van der Waals surface area (Å²) in [6, 6.07) is -0.633. The number of ether oxygens (including phenoxy) is 3. The number of carbonyl (C=O) groups excluding carboxylic acids is 2. The Labute approximate surface area is 272 Å². The second-order valence-electron chi connectivity index (χ2n) is 11.7. The Kier molecular flexibility index (Phi) is 26.2. The Hall–Kier alpha value is -3.23. The smallest absolute Gasteiger partial charge is 0.362 e. The molecule has 2 atom stereocenters. The highest BCUT2D eigenvalue weighted by Crippen LogP contribution is 2.10. The number of aliphatic carboxylic acids is 1. The van der Waals surface area contributed by atoms with Crippen LogP contribution in [0.4, 0.5) is 0 Å². The molecular formula is C37H60NO7+. The van der Waals surface area contributed by atoms with Crippen LogP contribution in [0.25, 0.3) is 0 Å². The molecule has 0 fully saturated rings. The van der Waals surface area contributed by atoms with Gasteiger partial charge in [0.25, 0.3) is 0 Å². The molecule has 0 aliphatic heterocycles. The molecule has 1 N–H and O–H groups in total. The summed E-state index contributed by atoms with van der Waals surface area (Å²) in [7, 11) is 5.45. The maximum absolute atomic E-state index is 12.5. The summed E-state index contributed by atoms with van der Waals surface area (Å²) >= 11 is 0. The minimum Gasteiger partial charge on any atom is -0.477 e. The second-order valence-corrected chi connectivity index (χ2v) is 11.7. The van der Waals surface area contributed by atoms with E-state index >= 15 is 0 Å². The van der Waals surface area contributed by atoms with Crippen LogP contribution in [0.15, 0.2) is 72.9 Å². The van der Waals surface area contributed by atoms with Crippen LogP contribution in [0.5, 0.6) is 0 Å². The fourth-order valence-electron chi connectivity index (χ4n) is 4.10. The molecule has 0 aromatic rings. The zero-order valence-corrected chi connectivity index (χ0v) is 28.5. The number of carbonyl (C=O) groups is 3. The first kappa shape index (κ1) is 41.8. The van der Waals surface area contributed by atoms with Crippen molar-refractivity contribution in [2.24, 2.45) is 0 Å².